The van der Waals surface area contributed by atoms with Crippen LogP contribution in [0.4, 0.5) is 5.69 Å². The zero-order valence-corrected chi connectivity index (χ0v) is 22.6. The van der Waals surface area contributed by atoms with Gasteiger partial charge in [0.05, 0.1) is 16.8 Å². The van der Waals surface area contributed by atoms with Crippen LogP contribution in [0.5, 0.6) is 11.5 Å². The van der Waals surface area contributed by atoms with Crippen LogP contribution in [0.3, 0.4) is 0 Å². The number of rotatable bonds is 7. The summed E-state index contributed by atoms with van der Waals surface area (Å²) in [5.74, 6) is -0.0556. The van der Waals surface area contributed by atoms with E-state index in [1.165, 1.54) is 11.0 Å². The fourth-order valence-electron chi connectivity index (χ4n) is 3.48. The van der Waals surface area contributed by atoms with Gasteiger partial charge in [0.1, 0.15) is 12.2 Å². The number of anilines is 1. The van der Waals surface area contributed by atoms with Gasteiger partial charge in [0.25, 0.3) is 11.8 Å². The molecule has 0 atom stereocenters. The molecule has 2 amide bonds. The van der Waals surface area contributed by atoms with Crippen LogP contribution in [0.2, 0.25) is 0 Å². The molecule has 1 N–H and O–H groups in total. The molecule has 1 saturated heterocycles. The number of ether oxygens (including phenoxy) is 2. The summed E-state index contributed by atoms with van der Waals surface area (Å²) in [6.07, 6.45) is 1.51. The Morgan fingerprint density at radius 1 is 0.971 bits per heavy atom. The predicted octanol–water partition coefficient (Wildman–Crippen LogP) is 6.02. The van der Waals surface area contributed by atoms with Crippen molar-refractivity contribution in [1.82, 2.24) is 5.32 Å². The summed E-state index contributed by atoms with van der Waals surface area (Å²) in [7, 11) is 0. The quantitative estimate of drug-likeness (QED) is 0.200. The summed E-state index contributed by atoms with van der Waals surface area (Å²) in [4.78, 5) is 27.2. The van der Waals surface area contributed by atoms with Crippen molar-refractivity contribution in [1.29, 1.82) is 0 Å². The maximum Gasteiger partial charge on any atom is 0.270 e. The second-order valence-corrected chi connectivity index (χ2v) is 9.53. The Balaban J connectivity index is 1.66. The summed E-state index contributed by atoms with van der Waals surface area (Å²) in [5.41, 5.74) is 2.10. The monoisotopic (exact) mass is 614 g/mol. The molecular formula is C26H20Br2N2O4S. The minimum atomic E-state index is -0.560. The molecule has 3 aromatic carbocycles. The van der Waals surface area contributed by atoms with E-state index >= 15 is 0 Å². The van der Waals surface area contributed by atoms with E-state index in [0.717, 1.165) is 10.0 Å². The molecule has 35 heavy (non-hydrogen) atoms. The molecule has 0 bridgehead atoms. The predicted molar refractivity (Wildman–Crippen MR) is 146 cm³/mol. The van der Waals surface area contributed by atoms with Crippen molar-refractivity contribution in [2.24, 2.45) is 0 Å². The van der Waals surface area contributed by atoms with E-state index in [9.17, 15) is 9.59 Å². The average molecular weight is 616 g/mol. The number of amides is 2. The number of carbonyl (C=O) groups excluding carboxylic acids is 2. The number of carbonyl (C=O) groups is 2. The molecule has 1 aliphatic heterocycles. The van der Waals surface area contributed by atoms with Crippen LogP contribution >= 0.6 is 44.1 Å². The Hall–Kier alpha value is -3.01. The maximum atomic E-state index is 13.2. The molecule has 0 radical (unpaired) electrons. The number of nitrogens with one attached hydrogen (secondary N) is 1. The third-order valence-electron chi connectivity index (χ3n) is 5.09. The van der Waals surface area contributed by atoms with E-state index in [-0.39, 0.29) is 10.7 Å². The lowest BCUT2D eigenvalue weighted by atomic mass is 10.1. The zero-order chi connectivity index (χ0) is 24.9. The SMILES string of the molecule is CCOc1cc(/C=C2/C(=O)NC(=S)N(c3ccccc3)C2=O)cc(Br)c1OCc1ccccc1Br. The highest BCUT2D eigenvalue weighted by molar-refractivity contribution is 9.10. The Morgan fingerprint density at radius 2 is 1.69 bits per heavy atom. The summed E-state index contributed by atoms with van der Waals surface area (Å²) in [6.45, 7) is 2.60. The van der Waals surface area contributed by atoms with Gasteiger partial charge in [-0.3, -0.25) is 19.8 Å². The number of thiocarbonyl (C=S) groups is 1. The molecule has 1 aliphatic rings. The summed E-state index contributed by atoms with van der Waals surface area (Å²) < 4.78 is 13.5. The van der Waals surface area contributed by atoms with Crippen LogP contribution in [0.1, 0.15) is 18.1 Å². The topological polar surface area (TPSA) is 67.9 Å². The van der Waals surface area contributed by atoms with Gasteiger partial charge in [0.15, 0.2) is 16.6 Å². The van der Waals surface area contributed by atoms with Gasteiger partial charge in [0.2, 0.25) is 0 Å². The van der Waals surface area contributed by atoms with Gasteiger partial charge in [0, 0.05) is 10.0 Å². The van der Waals surface area contributed by atoms with E-state index in [4.69, 9.17) is 21.7 Å². The van der Waals surface area contributed by atoms with Gasteiger partial charge in [-0.25, -0.2) is 0 Å². The summed E-state index contributed by atoms with van der Waals surface area (Å²) in [5, 5.41) is 2.63. The largest absolute Gasteiger partial charge is 0.490 e. The van der Waals surface area contributed by atoms with Gasteiger partial charge < -0.3 is 9.47 Å². The molecule has 1 fully saturated rings. The lowest BCUT2D eigenvalue weighted by molar-refractivity contribution is -0.122. The zero-order valence-electron chi connectivity index (χ0n) is 18.6. The summed E-state index contributed by atoms with van der Waals surface area (Å²) >= 11 is 12.3. The second kappa shape index (κ2) is 11.2. The highest BCUT2D eigenvalue weighted by Crippen LogP contribution is 2.38. The molecule has 6 nitrogen and oxygen atoms in total. The van der Waals surface area contributed by atoms with Gasteiger partial charge >= 0.3 is 0 Å². The van der Waals surface area contributed by atoms with Gasteiger partial charge in [-0.1, -0.05) is 52.3 Å². The molecule has 0 aromatic heterocycles. The van der Waals surface area contributed by atoms with E-state index < -0.39 is 11.8 Å². The first-order valence-corrected chi connectivity index (χ1v) is 12.7. The molecule has 3 aromatic rings. The number of hydrogen-bond donors (Lipinski definition) is 1. The molecule has 1 heterocycles. The number of nitrogens with zero attached hydrogens (tertiary/aromatic N) is 1. The lowest BCUT2D eigenvalue weighted by Crippen LogP contribution is -2.54. The molecule has 0 unspecified atom stereocenters. The van der Waals surface area contributed by atoms with E-state index in [0.29, 0.717) is 40.4 Å². The van der Waals surface area contributed by atoms with Crippen molar-refractivity contribution >= 4 is 72.8 Å². The van der Waals surface area contributed by atoms with Crippen LogP contribution in [-0.4, -0.2) is 23.5 Å². The second-order valence-electron chi connectivity index (χ2n) is 7.44. The smallest absolute Gasteiger partial charge is 0.270 e. The highest BCUT2D eigenvalue weighted by Gasteiger charge is 2.34. The first-order valence-electron chi connectivity index (χ1n) is 10.7. The van der Waals surface area contributed by atoms with Crippen molar-refractivity contribution < 1.29 is 19.1 Å². The van der Waals surface area contributed by atoms with Crippen LogP contribution < -0.4 is 19.7 Å². The molecular weight excluding hydrogens is 596 g/mol. The Kier molecular flexibility index (Phi) is 8.00. The van der Waals surface area contributed by atoms with Crippen molar-refractivity contribution in [3.8, 4) is 11.5 Å². The molecule has 178 valence electrons. The number of benzene rings is 3. The third-order valence-corrected chi connectivity index (χ3v) is 6.74. The fourth-order valence-corrected chi connectivity index (χ4v) is 4.73. The van der Waals surface area contributed by atoms with Crippen molar-refractivity contribution in [2.45, 2.75) is 13.5 Å². The molecule has 4 rings (SSSR count). The van der Waals surface area contributed by atoms with E-state index in [2.05, 4.69) is 37.2 Å². The minimum Gasteiger partial charge on any atom is -0.490 e. The van der Waals surface area contributed by atoms with Crippen LogP contribution in [0.15, 0.2) is 81.2 Å². The highest BCUT2D eigenvalue weighted by atomic mass is 79.9. The first kappa shape index (κ1) is 25.1. The third kappa shape index (κ3) is 5.63. The molecule has 9 heteroatoms. The van der Waals surface area contributed by atoms with Crippen molar-refractivity contribution in [2.75, 3.05) is 11.5 Å². The molecule has 0 spiro atoms. The van der Waals surface area contributed by atoms with Gasteiger partial charge in [-0.05, 0) is 77.0 Å². The fraction of sp³-hybridized carbons (Fsp3) is 0.115. The van der Waals surface area contributed by atoms with Crippen LogP contribution in [0.25, 0.3) is 6.08 Å². The Labute approximate surface area is 225 Å². The number of halogens is 2. The molecule has 0 saturated carbocycles. The minimum absolute atomic E-state index is 0.0374. The van der Waals surface area contributed by atoms with E-state index in [1.807, 2.05) is 37.3 Å². The summed E-state index contributed by atoms with van der Waals surface area (Å²) in [6, 6.07) is 20.2. The van der Waals surface area contributed by atoms with Gasteiger partial charge in [-0.2, -0.15) is 0 Å². The average Bonchev–Trinajstić information content (AvgIpc) is 2.83. The van der Waals surface area contributed by atoms with E-state index in [1.54, 1.807) is 36.4 Å². The lowest BCUT2D eigenvalue weighted by Gasteiger charge is -2.28. The Bertz CT molecular complexity index is 1330. The van der Waals surface area contributed by atoms with Gasteiger partial charge in [-0.15, -0.1) is 0 Å². The van der Waals surface area contributed by atoms with Crippen molar-refractivity contribution in [3.05, 3.63) is 92.4 Å². The number of para-hydroxylation sites is 1. The Morgan fingerprint density at radius 3 is 2.40 bits per heavy atom. The molecule has 0 aliphatic carbocycles. The maximum absolute atomic E-state index is 13.2. The van der Waals surface area contributed by atoms with Crippen molar-refractivity contribution in [3.63, 3.8) is 0 Å². The normalized spacial score (nSPS) is 14.8. The number of hydrogen-bond acceptors (Lipinski definition) is 5. The first-order chi connectivity index (χ1) is 16.9. The van der Waals surface area contributed by atoms with Crippen LogP contribution in [0, 0.1) is 0 Å². The van der Waals surface area contributed by atoms with Crippen LogP contribution in [-0.2, 0) is 16.2 Å². The standard InChI is InChI=1S/C26H20Br2N2O4S/c1-2-33-22-14-16(13-21(28)23(22)34-15-17-8-6-7-11-20(17)27)12-19-24(31)29-26(35)30(25(19)32)18-9-4-3-5-10-18/h3-14H,2,15H2,1H3,(H,29,31,35)/b19-12-.